The highest BCUT2D eigenvalue weighted by molar-refractivity contribution is 5.41. The van der Waals surface area contributed by atoms with Gasteiger partial charge in [-0.3, -0.25) is 0 Å². The van der Waals surface area contributed by atoms with Gasteiger partial charge in [-0.05, 0) is 34.7 Å². The van der Waals surface area contributed by atoms with Crippen LogP contribution >= 0.6 is 0 Å². The summed E-state index contributed by atoms with van der Waals surface area (Å²) in [7, 11) is 0. The van der Waals surface area contributed by atoms with Crippen LogP contribution in [0.15, 0.2) is 78.9 Å². The van der Waals surface area contributed by atoms with Gasteiger partial charge >= 0.3 is 0 Å². The maximum atomic E-state index is 10.2. The molecule has 104 valence electrons. The summed E-state index contributed by atoms with van der Waals surface area (Å²) < 4.78 is 0. The average molecular weight is 274 g/mol. The van der Waals surface area contributed by atoms with Gasteiger partial charge in [-0.25, -0.2) is 0 Å². The van der Waals surface area contributed by atoms with E-state index in [0.29, 0.717) is 5.75 Å². The molecule has 21 heavy (non-hydrogen) atoms. The zero-order chi connectivity index (χ0) is 14.5. The van der Waals surface area contributed by atoms with Crippen molar-refractivity contribution >= 4 is 0 Å². The molecule has 0 radical (unpaired) electrons. The summed E-state index contributed by atoms with van der Waals surface area (Å²) in [5.41, 5.74) is 4.57. The largest absolute Gasteiger partial charge is 0.508 e. The lowest BCUT2D eigenvalue weighted by Gasteiger charge is -2.08. The van der Waals surface area contributed by atoms with Crippen molar-refractivity contribution < 1.29 is 5.11 Å². The van der Waals surface area contributed by atoms with Gasteiger partial charge in [-0.2, -0.15) is 0 Å². The van der Waals surface area contributed by atoms with Crippen LogP contribution in [-0.2, 0) is 12.8 Å². The van der Waals surface area contributed by atoms with Crippen LogP contribution in [0.1, 0.15) is 22.3 Å². The zero-order valence-corrected chi connectivity index (χ0v) is 11.9. The minimum atomic E-state index is 0.382. The van der Waals surface area contributed by atoms with E-state index in [2.05, 4.69) is 30.3 Å². The van der Waals surface area contributed by atoms with E-state index in [1.165, 1.54) is 11.1 Å². The zero-order valence-electron chi connectivity index (χ0n) is 11.9. The Morgan fingerprint density at radius 1 is 0.571 bits per heavy atom. The molecule has 3 aromatic carbocycles. The van der Waals surface area contributed by atoms with Crippen LogP contribution in [0.5, 0.6) is 5.75 Å². The van der Waals surface area contributed by atoms with Crippen LogP contribution in [0.25, 0.3) is 0 Å². The molecular weight excluding hydrogens is 256 g/mol. The number of hydrogen-bond acceptors (Lipinski definition) is 1. The van der Waals surface area contributed by atoms with E-state index >= 15 is 0 Å². The normalized spacial score (nSPS) is 10.5. The summed E-state index contributed by atoms with van der Waals surface area (Å²) in [5.74, 6) is 0.382. The summed E-state index contributed by atoms with van der Waals surface area (Å²) >= 11 is 0. The molecule has 0 aliphatic carbocycles. The van der Waals surface area contributed by atoms with E-state index in [1.54, 1.807) is 0 Å². The highest BCUT2D eigenvalue weighted by atomic mass is 16.3. The Morgan fingerprint density at radius 2 is 1.14 bits per heavy atom. The topological polar surface area (TPSA) is 20.2 Å². The fraction of sp³-hybridized carbons (Fsp3) is 0.100. The smallest absolute Gasteiger partial charge is 0.119 e. The highest BCUT2D eigenvalue weighted by Crippen LogP contribution is 2.23. The van der Waals surface area contributed by atoms with Gasteiger partial charge in [0, 0.05) is 6.42 Å². The Hall–Kier alpha value is -2.54. The number of aromatic hydroxyl groups is 1. The molecule has 3 aromatic rings. The predicted octanol–water partition coefficient (Wildman–Crippen LogP) is 4.57. The van der Waals surface area contributed by atoms with Crippen molar-refractivity contribution in [3.63, 3.8) is 0 Å². The lowest BCUT2D eigenvalue weighted by molar-refractivity contribution is 0.469. The standard InChI is InChI=1S/C20H18O/c21-20-15-18(13-16-7-3-1-4-8-16)11-12-19(20)14-17-9-5-2-6-10-17/h1-12,15,21H,13-14H2. The number of phenolic OH excluding ortho intramolecular Hbond substituents is 1. The average Bonchev–Trinajstić information content (AvgIpc) is 2.52. The van der Waals surface area contributed by atoms with Gasteiger partial charge in [-0.15, -0.1) is 0 Å². The summed E-state index contributed by atoms with van der Waals surface area (Å²) in [6, 6.07) is 26.5. The lowest BCUT2D eigenvalue weighted by Crippen LogP contribution is -1.92. The Morgan fingerprint density at radius 3 is 1.71 bits per heavy atom. The third-order valence-corrected chi connectivity index (χ3v) is 3.64. The maximum absolute atomic E-state index is 10.2. The van der Waals surface area contributed by atoms with Gasteiger partial charge in [0.2, 0.25) is 0 Å². The Balaban J connectivity index is 1.77. The first-order valence-corrected chi connectivity index (χ1v) is 7.20. The molecule has 1 heteroatoms. The van der Waals surface area contributed by atoms with Crippen molar-refractivity contribution in [2.24, 2.45) is 0 Å². The monoisotopic (exact) mass is 274 g/mol. The van der Waals surface area contributed by atoms with E-state index in [0.717, 1.165) is 24.0 Å². The summed E-state index contributed by atoms with van der Waals surface area (Å²) in [6.07, 6.45) is 1.61. The fourth-order valence-electron chi connectivity index (χ4n) is 2.52. The number of phenols is 1. The molecule has 0 amide bonds. The first kappa shape index (κ1) is 13.4. The van der Waals surface area contributed by atoms with E-state index in [1.807, 2.05) is 48.5 Å². The van der Waals surface area contributed by atoms with E-state index in [9.17, 15) is 5.11 Å². The van der Waals surface area contributed by atoms with Crippen LogP contribution in [0.4, 0.5) is 0 Å². The molecule has 0 saturated heterocycles. The summed E-state index contributed by atoms with van der Waals surface area (Å²) in [4.78, 5) is 0. The van der Waals surface area contributed by atoms with Crippen LogP contribution in [0.2, 0.25) is 0 Å². The number of benzene rings is 3. The minimum Gasteiger partial charge on any atom is -0.508 e. The molecule has 3 rings (SSSR count). The van der Waals surface area contributed by atoms with Crippen molar-refractivity contribution in [1.82, 2.24) is 0 Å². The third kappa shape index (κ3) is 3.51. The van der Waals surface area contributed by atoms with Crippen LogP contribution in [-0.4, -0.2) is 5.11 Å². The lowest BCUT2D eigenvalue weighted by atomic mass is 9.99. The van der Waals surface area contributed by atoms with Crippen molar-refractivity contribution in [1.29, 1.82) is 0 Å². The van der Waals surface area contributed by atoms with Crippen molar-refractivity contribution in [3.05, 3.63) is 101 Å². The summed E-state index contributed by atoms with van der Waals surface area (Å²) in [5, 5.41) is 10.2. The summed E-state index contributed by atoms with van der Waals surface area (Å²) in [6.45, 7) is 0. The molecule has 0 spiro atoms. The molecular formula is C20H18O. The number of hydrogen-bond donors (Lipinski definition) is 1. The van der Waals surface area contributed by atoms with Crippen molar-refractivity contribution in [2.45, 2.75) is 12.8 Å². The molecule has 0 aromatic heterocycles. The molecule has 1 nitrogen and oxygen atoms in total. The Bertz CT molecular complexity index is 702. The highest BCUT2D eigenvalue weighted by Gasteiger charge is 2.04. The number of rotatable bonds is 4. The molecule has 0 unspecified atom stereocenters. The molecule has 0 heterocycles. The minimum absolute atomic E-state index is 0.382. The molecule has 0 atom stereocenters. The van der Waals surface area contributed by atoms with Crippen LogP contribution in [0, 0.1) is 0 Å². The van der Waals surface area contributed by atoms with Gasteiger partial charge in [0.05, 0.1) is 0 Å². The van der Waals surface area contributed by atoms with Crippen LogP contribution in [0.3, 0.4) is 0 Å². The fourth-order valence-corrected chi connectivity index (χ4v) is 2.52. The second-order valence-electron chi connectivity index (χ2n) is 5.29. The van der Waals surface area contributed by atoms with Gasteiger partial charge in [0.15, 0.2) is 0 Å². The Labute approximate surface area is 125 Å². The van der Waals surface area contributed by atoms with E-state index in [4.69, 9.17) is 0 Å². The first-order valence-electron chi connectivity index (χ1n) is 7.20. The van der Waals surface area contributed by atoms with Gasteiger partial charge in [0.1, 0.15) is 5.75 Å². The van der Waals surface area contributed by atoms with Crippen LogP contribution < -0.4 is 0 Å². The molecule has 0 aliphatic rings. The molecule has 0 saturated carbocycles. The SMILES string of the molecule is Oc1cc(Cc2ccccc2)ccc1Cc1ccccc1. The van der Waals surface area contributed by atoms with Crippen molar-refractivity contribution in [3.8, 4) is 5.75 Å². The van der Waals surface area contributed by atoms with E-state index < -0.39 is 0 Å². The first-order chi connectivity index (χ1) is 10.3. The second kappa shape index (κ2) is 6.27. The quantitative estimate of drug-likeness (QED) is 0.738. The van der Waals surface area contributed by atoms with Gasteiger partial charge in [0.25, 0.3) is 0 Å². The Kier molecular flexibility index (Phi) is 4.02. The van der Waals surface area contributed by atoms with Gasteiger partial charge in [-0.1, -0.05) is 72.8 Å². The molecule has 0 fully saturated rings. The second-order valence-corrected chi connectivity index (χ2v) is 5.29. The molecule has 0 aliphatic heterocycles. The van der Waals surface area contributed by atoms with Gasteiger partial charge < -0.3 is 5.11 Å². The predicted molar refractivity (Wildman–Crippen MR) is 86.6 cm³/mol. The third-order valence-electron chi connectivity index (χ3n) is 3.64. The van der Waals surface area contributed by atoms with Crippen molar-refractivity contribution in [2.75, 3.05) is 0 Å². The molecule has 1 N–H and O–H groups in total. The van der Waals surface area contributed by atoms with E-state index in [-0.39, 0.29) is 0 Å². The molecule has 0 bridgehead atoms. The maximum Gasteiger partial charge on any atom is 0.119 e.